The van der Waals surface area contributed by atoms with Gasteiger partial charge in [0.25, 0.3) is 0 Å². The lowest BCUT2D eigenvalue weighted by Crippen LogP contribution is -2.50. The van der Waals surface area contributed by atoms with Crippen molar-refractivity contribution in [2.24, 2.45) is 32.1 Å². The summed E-state index contributed by atoms with van der Waals surface area (Å²) >= 11 is 51.3. The van der Waals surface area contributed by atoms with Crippen LogP contribution in [0, 0.1) is 13.1 Å². The number of benzene rings is 12. The maximum Gasteiger partial charge on any atom is 0.187 e. The number of hydrogen-bond donors (Lipinski definition) is 10. The normalized spacial score (nSPS) is 16.6. The number of rotatable bonds is 34. The first-order valence-electron chi connectivity index (χ1n) is 46.5. The SMILES string of the molecule is NC(=NO)c1ccc(/C(CN2CCN(c3ccc(OCCO)cc3Cl)[C@H](c3ccc(Cl)cc3)C2)=N\O)cc1.NC(=NO)c1ccc(C(=O)CN2CCN(c3ccc(OCCO)cc3Cl)[C@H](c3ccc(Cl)cc3)C2)cc1.[C-]#[N+]c1ccc(/C(CN2CCN(c3ccc(OCCO)cc3Cl)[C@H](c3ccc(Cl)cc3)C2)=N\O)cc1.[C-]#[N+]c1ccc(C(=O)CN2CCN(c3ccc(OCCO)cc3Cl)[C@H](c3ccc(Cl)cc3)C2)cc1. The summed E-state index contributed by atoms with van der Waals surface area (Å²) in [5.74, 6) is 2.40. The number of aliphatic hydroxyl groups excluding tert-OH is 4. The molecule has 12 aromatic carbocycles. The van der Waals surface area contributed by atoms with Crippen molar-refractivity contribution < 1.29 is 69.8 Å². The lowest BCUT2D eigenvalue weighted by atomic mass is 10.00. The Morgan fingerprint density at radius 2 is 0.527 bits per heavy atom. The summed E-state index contributed by atoms with van der Waals surface area (Å²) in [6.07, 6.45) is 0. The molecule has 760 valence electrons. The van der Waals surface area contributed by atoms with E-state index < -0.39 is 0 Å². The number of ether oxygens (including phenoxy) is 4. The zero-order valence-corrected chi connectivity index (χ0v) is 85.2. The molecule has 0 unspecified atom stereocenters. The molecule has 0 spiro atoms. The predicted molar refractivity (Wildman–Crippen MR) is 577 cm³/mol. The fourth-order valence-corrected chi connectivity index (χ4v) is 19.1. The van der Waals surface area contributed by atoms with Crippen molar-refractivity contribution in [3.63, 3.8) is 0 Å². The number of hydrogen-bond acceptors (Lipinski definition) is 26. The highest BCUT2D eigenvalue weighted by molar-refractivity contribution is 6.35. The van der Waals surface area contributed by atoms with E-state index in [1.165, 1.54) is 0 Å². The van der Waals surface area contributed by atoms with Crippen molar-refractivity contribution in [2.45, 2.75) is 24.2 Å². The van der Waals surface area contributed by atoms with E-state index in [0.717, 1.165) is 62.7 Å². The van der Waals surface area contributed by atoms with Crippen LogP contribution in [0.4, 0.5) is 34.1 Å². The fourth-order valence-electron chi connectivity index (χ4n) is 17.5. The molecule has 4 heterocycles. The molecule has 4 aliphatic heterocycles. The van der Waals surface area contributed by atoms with E-state index >= 15 is 0 Å². The van der Waals surface area contributed by atoms with Crippen LogP contribution in [-0.2, 0) is 0 Å². The quantitative estimate of drug-likeness (QED) is 0.00447. The van der Waals surface area contributed by atoms with Gasteiger partial charge in [0.1, 0.15) is 60.8 Å². The molecule has 12 aromatic rings. The summed E-state index contributed by atoms with van der Waals surface area (Å²) in [6, 6.07) is 80.3. The highest BCUT2D eigenvalue weighted by Crippen LogP contribution is 2.44. The maximum atomic E-state index is 13.0. The molecule has 16 rings (SSSR count). The molecule has 38 heteroatoms. The van der Waals surface area contributed by atoms with Gasteiger partial charge in [-0.05, 0) is 125 Å². The van der Waals surface area contributed by atoms with Crippen molar-refractivity contribution in [1.82, 2.24) is 19.6 Å². The zero-order chi connectivity index (χ0) is 104. The Kier molecular flexibility index (Phi) is 41.4. The van der Waals surface area contributed by atoms with Gasteiger partial charge in [-0.15, -0.1) is 0 Å². The number of amidine groups is 2. The maximum absolute atomic E-state index is 13.0. The Morgan fingerprint density at radius 3 is 0.753 bits per heavy atom. The van der Waals surface area contributed by atoms with Crippen molar-refractivity contribution in [1.29, 1.82) is 0 Å². The van der Waals surface area contributed by atoms with Crippen LogP contribution < -0.4 is 50.0 Å². The zero-order valence-electron chi connectivity index (χ0n) is 79.1. The fraction of sp³-hybridized carbons (Fsp3) is 0.259. The smallest absolute Gasteiger partial charge is 0.187 e. The lowest BCUT2D eigenvalue weighted by molar-refractivity contribution is 0.0907. The number of oxime groups is 4. The Bertz CT molecular complexity index is 6560. The molecule has 0 saturated carbocycles. The highest BCUT2D eigenvalue weighted by Gasteiger charge is 2.37. The minimum Gasteiger partial charge on any atom is -0.491 e. The van der Waals surface area contributed by atoms with E-state index in [0.29, 0.717) is 193 Å². The first kappa shape index (κ1) is 110. The van der Waals surface area contributed by atoms with Gasteiger partial charge in [0.15, 0.2) is 34.6 Å². The Balaban J connectivity index is 0.000000163. The van der Waals surface area contributed by atoms with Crippen molar-refractivity contribution in [2.75, 3.05) is 177 Å². The molecule has 4 saturated heterocycles. The van der Waals surface area contributed by atoms with Crippen LogP contribution in [0.15, 0.2) is 288 Å². The topological polar surface area (TPSA) is 369 Å². The van der Waals surface area contributed by atoms with Gasteiger partial charge in [0.05, 0.1) is 120 Å². The van der Waals surface area contributed by atoms with Gasteiger partial charge >= 0.3 is 0 Å². The van der Waals surface area contributed by atoms with Gasteiger partial charge in [0.2, 0.25) is 0 Å². The lowest BCUT2D eigenvalue weighted by Gasteiger charge is -2.43. The van der Waals surface area contributed by atoms with E-state index in [1.807, 2.05) is 146 Å². The Morgan fingerprint density at radius 1 is 0.301 bits per heavy atom. The summed E-state index contributed by atoms with van der Waals surface area (Å²) in [6.45, 7) is 24.2. The summed E-state index contributed by atoms with van der Waals surface area (Å²) in [5, 5.41) is 91.3. The second kappa shape index (κ2) is 54.9. The third-order valence-corrected chi connectivity index (χ3v) is 27.1. The van der Waals surface area contributed by atoms with Crippen LogP contribution in [0.25, 0.3) is 9.69 Å². The monoisotopic (exact) mass is 2130 g/mol. The summed E-state index contributed by atoms with van der Waals surface area (Å²) in [5.41, 5.74) is 24.9. The number of halogens is 8. The van der Waals surface area contributed by atoms with Gasteiger partial charge in [-0.3, -0.25) is 29.2 Å². The van der Waals surface area contributed by atoms with Crippen molar-refractivity contribution >= 4 is 162 Å². The second-order valence-electron chi connectivity index (χ2n) is 34.1. The number of nitrogens with zero attached hydrogens (tertiary/aromatic N) is 14. The number of carbonyl (C=O) groups excluding carboxylic acids is 2. The van der Waals surface area contributed by atoms with E-state index in [9.17, 15) is 20.0 Å². The van der Waals surface area contributed by atoms with Crippen LogP contribution in [0.5, 0.6) is 23.0 Å². The third kappa shape index (κ3) is 30.1. The number of piperazine rings is 4. The van der Waals surface area contributed by atoms with E-state index in [4.69, 9.17) is 167 Å². The summed E-state index contributed by atoms with van der Waals surface area (Å²) in [4.78, 5) is 50.5. The molecule has 0 radical (unpaired) electrons. The first-order valence-corrected chi connectivity index (χ1v) is 49.6. The molecule has 12 N–H and O–H groups in total. The molecule has 0 aromatic heterocycles. The minimum atomic E-state index is -0.0756. The van der Waals surface area contributed by atoms with Gasteiger partial charge in [0, 0.05) is 164 Å². The number of anilines is 4. The number of Topliss-reactive ketones (excluding diaryl/α,β-unsaturated/α-hetero) is 2. The highest BCUT2D eigenvalue weighted by atomic mass is 35.5. The number of ketones is 2. The molecule has 4 aliphatic rings. The molecule has 146 heavy (non-hydrogen) atoms. The first-order chi connectivity index (χ1) is 70.8. The Labute approximate surface area is 886 Å². The predicted octanol–water partition coefficient (Wildman–Crippen LogP) is 19.7. The minimum absolute atomic E-state index is 0.00687. The molecule has 30 nitrogen and oxygen atoms in total. The van der Waals surface area contributed by atoms with E-state index in [-0.39, 0.29) is 113 Å². The standard InChI is InChI=1S/C27H29Cl2N5O4.C27H28Cl2N4O4.C27H26Cl2N4O3.C27H25Cl2N3O3/c28-21-7-5-19(6-8-21)26-17-33(16-24(31-36)18-1-3-20(4-2-18)27(30)32-37)11-12-34(26)25-10-9-22(15-23(25)29)38-14-13-35;28-21-7-5-18(6-8-21)25-16-32(17-26(35)19-1-3-20(4-2-19)27(30)31-36)11-12-33(25)24-10-9-22(15-23(24)29)37-14-13-34;1-30-22-8-4-19(5-9-22)25(31-35)17-32-12-13-33(27(18-32)20-2-6-21(28)7-3-20)26-11-10-23(16-24(26)29)36-15-14-34;1-30-22-8-4-20(5-9-22)27(34)18-31-12-13-32(26(17-31)19-2-6-21(28)7-3-19)25-11-10-23(16-24(25)29)35-15-14-33/h1-10,15,26,35-37H,11-14,16-17H2,(H2,30,32);1-10,15,25,34,36H,11-14,16-17H2,(H2,30,31);2-11,16,27,34-35H,12-15,17-18H2;2-11,16,26,33H,12-15,17-18H2/b31-24-;;31-25-;/t26-;25-;27-;26-/m0000/s1. The number of aliphatic hydroxyl groups is 4. The third-order valence-electron chi connectivity index (χ3n) is 24.8. The molecule has 4 atom stereocenters. The molecule has 0 amide bonds. The average molecular weight is 2140 g/mol. The molecule has 0 aliphatic carbocycles. The van der Waals surface area contributed by atoms with E-state index in [2.05, 4.69) is 69.5 Å². The van der Waals surface area contributed by atoms with Crippen LogP contribution >= 0.6 is 92.8 Å². The van der Waals surface area contributed by atoms with E-state index in [1.54, 1.807) is 121 Å². The van der Waals surface area contributed by atoms with Crippen molar-refractivity contribution in [3.05, 3.63) is 386 Å². The number of carbonyl (C=O) groups is 2. The average Bonchev–Trinajstić information content (AvgIpc) is 0.795. The molecule has 0 bridgehead atoms. The second-order valence-corrected chi connectivity index (χ2v) is 37.5. The van der Waals surface area contributed by atoms with Crippen LogP contribution in [0.3, 0.4) is 0 Å². The van der Waals surface area contributed by atoms with Gasteiger partial charge in [-0.25, -0.2) is 9.69 Å². The largest absolute Gasteiger partial charge is 0.491 e. The van der Waals surface area contributed by atoms with Gasteiger partial charge in [-0.1, -0.05) is 259 Å². The van der Waals surface area contributed by atoms with Crippen LogP contribution in [-0.4, -0.2) is 253 Å². The summed E-state index contributed by atoms with van der Waals surface area (Å²) < 4.78 is 22.0. The Hall–Kier alpha value is -13.2. The summed E-state index contributed by atoms with van der Waals surface area (Å²) in [7, 11) is 0. The van der Waals surface area contributed by atoms with Crippen LogP contribution in [0.1, 0.15) is 89.4 Å². The van der Waals surface area contributed by atoms with Crippen LogP contribution in [0.2, 0.25) is 40.2 Å². The number of nitrogens with two attached hydrogens (primary N) is 2. The van der Waals surface area contributed by atoms with Gasteiger partial charge in [-0.2, -0.15) is 0 Å². The van der Waals surface area contributed by atoms with Gasteiger partial charge < -0.3 is 91.3 Å². The molecular weight excluding hydrogens is 2030 g/mol. The van der Waals surface area contributed by atoms with Crippen molar-refractivity contribution in [3.8, 4) is 23.0 Å². The molecular formula is C108H108Cl8N16O14. The molecule has 4 fully saturated rings.